The lowest BCUT2D eigenvalue weighted by Crippen LogP contribution is -2.31. The minimum absolute atomic E-state index is 0.0283. The number of hydrogen-bond acceptors (Lipinski definition) is 2. The van der Waals surface area contributed by atoms with Gasteiger partial charge in [-0.2, -0.15) is 5.10 Å². The summed E-state index contributed by atoms with van der Waals surface area (Å²) < 4.78 is 13.1. The Kier molecular flexibility index (Phi) is 5.63. The molecule has 0 aliphatic heterocycles. The molecule has 3 nitrogen and oxygen atoms in total. The van der Waals surface area contributed by atoms with Gasteiger partial charge >= 0.3 is 0 Å². The lowest BCUT2D eigenvalue weighted by Gasteiger charge is -2.21. The molecule has 2 aromatic carbocycles. The maximum atomic E-state index is 13.1. The Morgan fingerprint density at radius 1 is 1.09 bits per heavy atom. The molecular weight excluding hydrogens is 291 g/mol. The zero-order valence-corrected chi connectivity index (χ0v) is 13.7. The molecule has 0 saturated heterocycles. The lowest BCUT2D eigenvalue weighted by atomic mass is 10.0. The number of hydrazone groups is 1. The second-order valence-corrected chi connectivity index (χ2v) is 5.67. The third-order valence-electron chi connectivity index (χ3n) is 3.43. The fraction of sp³-hybridized carbons (Fsp3) is 0.263. The molecule has 0 unspecified atom stereocenters. The predicted octanol–water partition coefficient (Wildman–Crippen LogP) is 4.03. The maximum absolute atomic E-state index is 13.1. The van der Waals surface area contributed by atoms with Crippen molar-refractivity contribution in [3.05, 3.63) is 71.5 Å². The van der Waals surface area contributed by atoms with Crippen LogP contribution in [0.2, 0.25) is 0 Å². The van der Waals surface area contributed by atoms with Gasteiger partial charge in [0.15, 0.2) is 0 Å². The lowest BCUT2D eigenvalue weighted by molar-refractivity contribution is -0.130. The molecule has 120 valence electrons. The van der Waals surface area contributed by atoms with Gasteiger partial charge in [0.25, 0.3) is 0 Å². The highest BCUT2D eigenvalue weighted by Crippen LogP contribution is 2.12. The van der Waals surface area contributed by atoms with E-state index >= 15 is 0 Å². The number of amides is 1. The van der Waals surface area contributed by atoms with Crippen LogP contribution >= 0.6 is 0 Å². The van der Waals surface area contributed by atoms with E-state index < -0.39 is 0 Å². The first-order chi connectivity index (χ1) is 11.0. The monoisotopic (exact) mass is 312 g/mol. The van der Waals surface area contributed by atoms with Crippen LogP contribution in [0.25, 0.3) is 0 Å². The molecule has 4 heteroatoms. The van der Waals surface area contributed by atoms with Crippen LogP contribution < -0.4 is 0 Å². The van der Waals surface area contributed by atoms with E-state index in [0.29, 0.717) is 6.42 Å². The third-order valence-corrected chi connectivity index (χ3v) is 3.43. The summed E-state index contributed by atoms with van der Waals surface area (Å²) in [5.41, 5.74) is 2.67. The summed E-state index contributed by atoms with van der Waals surface area (Å²) in [6.07, 6.45) is 0.529. The molecule has 0 bridgehead atoms. The fourth-order valence-electron chi connectivity index (χ4n) is 2.30. The molecule has 2 aromatic rings. The highest BCUT2D eigenvalue weighted by Gasteiger charge is 2.14. The summed E-state index contributed by atoms with van der Waals surface area (Å²) in [6.45, 7) is 5.35. The smallest absolute Gasteiger partial charge is 0.239 e. The first-order valence-electron chi connectivity index (χ1n) is 7.64. The van der Waals surface area contributed by atoms with E-state index in [1.54, 1.807) is 12.1 Å². The van der Waals surface area contributed by atoms with Crippen LogP contribution in [0.4, 0.5) is 4.39 Å². The van der Waals surface area contributed by atoms with E-state index in [-0.39, 0.29) is 17.8 Å². The highest BCUT2D eigenvalue weighted by atomic mass is 19.1. The number of rotatable bonds is 5. The summed E-state index contributed by atoms with van der Waals surface area (Å²) in [5, 5.41) is 6.05. The summed E-state index contributed by atoms with van der Waals surface area (Å²) in [5.74, 6) is -0.368. The van der Waals surface area contributed by atoms with Crippen molar-refractivity contribution in [2.75, 3.05) is 0 Å². The van der Waals surface area contributed by atoms with Gasteiger partial charge in [0.05, 0.1) is 5.71 Å². The number of carbonyl (C=O) groups is 1. The van der Waals surface area contributed by atoms with Gasteiger partial charge in [-0.1, -0.05) is 42.5 Å². The number of halogens is 1. The van der Waals surface area contributed by atoms with Crippen LogP contribution in [0.15, 0.2) is 59.7 Å². The Hall–Kier alpha value is -2.49. The molecular formula is C19H21FN2O. The van der Waals surface area contributed by atoms with Gasteiger partial charge in [0.2, 0.25) is 5.91 Å². The number of benzene rings is 2. The van der Waals surface area contributed by atoms with Gasteiger partial charge < -0.3 is 0 Å². The Morgan fingerprint density at radius 2 is 1.70 bits per heavy atom. The SMILES string of the molecule is CC(=O)N(N=C(Cc1ccc(F)cc1)c1ccccc1)C(C)C. The van der Waals surface area contributed by atoms with E-state index in [1.165, 1.54) is 24.1 Å². The minimum atomic E-state index is -0.264. The second kappa shape index (κ2) is 7.68. The zero-order chi connectivity index (χ0) is 16.8. The molecule has 2 rings (SSSR count). The molecule has 0 spiro atoms. The fourth-order valence-corrected chi connectivity index (χ4v) is 2.30. The first-order valence-corrected chi connectivity index (χ1v) is 7.64. The molecule has 23 heavy (non-hydrogen) atoms. The first kappa shape index (κ1) is 16.9. The van der Waals surface area contributed by atoms with Gasteiger partial charge in [-0.05, 0) is 37.1 Å². The summed E-state index contributed by atoms with van der Waals surface area (Å²) in [6, 6.07) is 16.0. The molecule has 0 fully saturated rings. The molecule has 0 heterocycles. The Balaban J connectivity index is 2.39. The largest absolute Gasteiger partial charge is 0.273 e. The average molecular weight is 312 g/mol. The van der Waals surface area contributed by atoms with Crippen LogP contribution in [0.5, 0.6) is 0 Å². The standard InChI is InChI=1S/C19H21FN2O/c1-14(2)22(15(3)23)21-19(17-7-5-4-6-8-17)13-16-9-11-18(20)12-10-16/h4-12,14H,13H2,1-3H3. The molecule has 0 aromatic heterocycles. The van der Waals surface area contributed by atoms with Crippen molar-refractivity contribution in [1.82, 2.24) is 5.01 Å². The minimum Gasteiger partial charge on any atom is -0.273 e. The molecule has 0 N–H and O–H groups in total. The van der Waals surface area contributed by atoms with Crippen LogP contribution in [0.1, 0.15) is 31.9 Å². The van der Waals surface area contributed by atoms with Gasteiger partial charge in [-0.15, -0.1) is 0 Å². The summed E-state index contributed by atoms with van der Waals surface area (Å²) in [4.78, 5) is 11.8. The van der Waals surface area contributed by atoms with E-state index in [0.717, 1.165) is 16.8 Å². The van der Waals surface area contributed by atoms with Crippen molar-refractivity contribution in [2.45, 2.75) is 33.2 Å². The van der Waals surface area contributed by atoms with Crippen LogP contribution in [0.3, 0.4) is 0 Å². The molecule has 1 amide bonds. The van der Waals surface area contributed by atoms with Gasteiger partial charge in [-0.25, -0.2) is 9.40 Å². The predicted molar refractivity (Wildman–Crippen MR) is 90.7 cm³/mol. The molecule has 0 atom stereocenters. The van der Waals surface area contributed by atoms with Gasteiger partial charge in [-0.3, -0.25) is 4.79 Å². The van der Waals surface area contributed by atoms with Crippen LogP contribution in [0, 0.1) is 5.82 Å². The maximum Gasteiger partial charge on any atom is 0.239 e. The molecule has 0 aliphatic carbocycles. The highest BCUT2D eigenvalue weighted by molar-refractivity contribution is 6.02. The Labute approximate surface area is 136 Å². The number of nitrogens with zero attached hydrogens (tertiary/aromatic N) is 2. The normalized spacial score (nSPS) is 11.6. The molecule has 0 radical (unpaired) electrons. The zero-order valence-electron chi connectivity index (χ0n) is 13.7. The van der Waals surface area contributed by atoms with Crippen molar-refractivity contribution >= 4 is 11.6 Å². The summed E-state index contributed by atoms with van der Waals surface area (Å²) >= 11 is 0. The summed E-state index contributed by atoms with van der Waals surface area (Å²) in [7, 11) is 0. The third kappa shape index (κ3) is 4.74. The topological polar surface area (TPSA) is 32.7 Å². The van der Waals surface area contributed by atoms with Gasteiger partial charge in [0.1, 0.15) is 5.82 Å². The van der Waals surface area contributed by atoms with E-state index in [4.69, 9.17) is 0 Å². The second-order valence-electron chi connectivity index (χ2n) is 5.67. The Bertz CT molecular complexity index is 678. The van der Waals surface area contributed by atoms with E-state index in [2.05, 4.69) is 5.10 Å². The van der Waals surface area contributed by atoms with E-state index in [9.17, 15) is 9.18 Å². The van der Waals surface area contributed by atoms with Crippen LogP contribution in [-0.2, 0) is 11.2 Å². The van der Waals surface area contributed by atoms with Crippen molar-refractivity contribution in [3.63, 3.8) is 0 Å². The van der Waals surface area contributed by atoms with Crippen molar-refractivity contribution in [1.29, 1.82) is 0 Å². The number of carbonyl (C=O) groups excluding carboxylic acids is 1. The quantitative estimate of drug-likeness (QED) is 0.606. The van der Waals surface area contributed by atoms with Crippen molar-refractivity contribution in [3.8, 4) is 0 Å². The number of hydrogen-bond donors (Lipinski definition) is 0. The molecule has 0 aliphatic rings. The van der Waals surface area contributed by atoms with E-state index in [1.807, 2.05) is 44.2 Å². The Morgan fingerprint density at radius 3 is 2.22 bits per heavy atom. The van der Waals surface area contributed by atoms with Gasteiger partial charge in [0, 0.05) is 19.4 Å². The van der Waals surface area contributed by atoms with Crippen LogP contribution in [-0.4, -0.2) is 22.7 Å². The average Bonchev–Trinajstić information content (AvgIpc) is 2.53. The van der Waals surface area contributed by atoms with Crippen molar-refractivity contribution in [2.24, 2.45) is 5.10 Å². The molecule has 0 saturated carbocycles. The van der Waals surface area contributed by atoms with Crippen molar-refractivity contribution < 1.29 is 9.18 Å².